The van der Waals surface area contributed by atoms with Crippen molar-refractivity contribution < 1.29 is 9.18 Å². The van der Waals surface area contributed by atoms with Crippen molar-refractivity contribution in [3.63, 3.8) is 0 Å². The highest BCUT2D eigenvalue weighted by molar-refractivity contribution is 5.92. The number of anilines is 1. The standard InChI is InChI=1S/C21H25FN2O.ClH/c1-14(2)11-15-3-5-16(6-4-15)12-20(25)24-19-8-7-17-13-23-10-9-18(17)21(19)22;/h3-8,14,23H,9-13H2,1-2H3,(H,24,25);1H. The number of fused-ring (bicyclic) bond motifs is 1. The molecule has 2 aromatic carbocycles. The van der Waals surface area contributed by atoms with Gasteiger partial charge in [0.2, 0.25) is 5.91 Å². The molecule has 140 valence electrons. The zero-order valence-electron chi connectivity index (χ0n) is 15.3. The molecule has 2 aromatic rings. The van der Waals surface area contributed by atoms with E-state index in [0.717, 1.165) is 29.7 Å². The third kappa shape index (κ3) is 5.05. The van der Waals surface area contributed by atoms with Crippen molar-refractivity contribution in [3.05, 3.63) is 64.5 Å². The minimum absolute atomic E-state index is 0. The molecule has 0 unspecified atom stereocenters. The zero-order chi connectivity index (χ0) is 17.8. The Morgan fingerprint density at radius 1 is 1.15 bits per heavy atom. The van der Waals surface area contributed by atoms with Crippen LogP contribution in [0.15, 0.2) is 36.4 Å². The lowest BCUT2D eigenvalue weighted by Gasteiger charge is -2.19. The Balaban J connectivity index is 0.00000243. The largest absolute Gasteiger partial charge is 0.323 e. The summed E-state index contributed by atoms with van der Waals surface area (Å²) in [5.41, 5.74) is 4.18. The molecule has 0 saturated heterocycles. The normalized spacial score (nSPS) is 13.1. The van der Waals surface area contributed by atoms with Crippen LogP contribution >= 0.6 is 12.4 Å². The van der Waals surface area contributed by atoms with Crippen LogP contribution in [0, 0.1) is 11.7 Å². The second-order valence-electron chi connectivity index (χ2n) is 7.13. The topological polar surface area (TPSA) is 41.1 Å². The van der Waals surface area contributed by atoms with Crippen LogP contribution in [0.2, 0.25) is 0 Å². The van der Waals surface area contributed by atoms with Gasteiger partial charge in [-0.25, -0.2) is 4.39 Å². The number of amides is 1. The summed E-state index contributed by atoms with van der Waals surface area (Å²) in [4.78, 5) is 12.3. The van der Waals surface area contributed by atoms with Crippen LogP contribution in [-0.4, -0.2) is 12.5 Å². The van der Waals surface area contributed by atoms with E-state index >= 15 is 0 Å². The monoisotopic (exact) mass is 376 g/mol. The zero-order valence-corrected chi connectivity index (χ0v) is 16.1. The van der Waals surface area contributed by atoms with Crippen LogP contribution < -0.4 is 10.6 Å². The third-order valence-electron chi connectivity index (χ3n) is 4.51. The van der Waals surface area contributed by atoms with Crippen molar-refractivity contribution in [1.82, 2.24) is 5.32 Å². The van der Waals surface area contributed by atoms with Gasteiger partial charge in [0.25, 0.3) is 0 Å². The first-order chi connectivity index (χ1) is 12.0. The van der Waals surface area contributed by atoms with E-state index in [-0.39, 0.29) is 36.2 Å². The molecule has 0 atom stereocenters. The minimum Gasteiger partial charge on any atom is -0.323 e. The molecular weight excluding hydrogens is 351 g/mol. The van der Waals surface area contributed by atoms with Crippen molar-refractivity contribution in [2.24, 2.45) is 5.92 Å². The Hall–Kier alpha value is -1.91. The van der Waals surface area contributed by atoms with E-state index in [0.29, 0.717) is 18.9 Å². The number of benzene rings is 2. The fourth-order valence-corrected chi connectivity index (χ4v) is 3.27. The summed E-state index contributed by atoms with van der Waals surface area (Å²) in [7, 11) is 0. The summed E-state index contributed by atoms with van der Waals surface area (Å²) in [6.45, 7) is 5.82. The summed E-state index contributed by atoms with van der Waals surface area (Å²) >= 11 is 0. The molecule has 3 nitrogen and oxygen atoms in total. The molecule has 3 rings (SSSR count). The van der Waals surface area contributed by atoms with Crippen molar-refractivity contribution in [1.29, 1.82) is 0 Å². The molecule has 26 heavy (non-hydrogen) atoms. The Kier molecular flexibility index (Phi) is 7.18. The van der Waals surface area contributed by atoms with E-state index in [1.807, 2.05) is 18.2 Å². The van der Waals surface area contributed by atoms with Gasteiger partial charge in [0.05, 0.1) is 12.1 Å². The quantitative estimate of drug-likeness (QED) is 0.818. The van der Waals surface area contributed by atoms with Gasteiger partial charge in [-0.3, -0.25) is 4.79 Å². The highest BCUT2D eigenvalue weighted by atomic mass is 35.5. The number of carbonyl (C=O) groups is 1. The molecule has 2 N–H and O–H groups in total. The van der Waals surface area contributed by atoms with Gasteiger partial charge in [-0.1, -0.05) is 44.2 Å². The van der Waals surface area contributed by atoms with Crippen LogP contribution in [0.3, 0.4) is 0 Å². The van der Waals surface area contributed by atoms with Gasteiger partial charge in [-0.05, 0) is 53.6 Å². The van der Waals surface area contributed by atoms with E-state index in [1.165, 1.54) is 5.56 Å². The summed E-state index contributed by atoms with van der Waals surface area (Å²) in [5, 5.41) is 5.94. The highest BCUT2D eigenvalue weighted by Gasteiger charge is 2.17. The van der Waals surface area contributed by atoms with Crippen LogP contribution in [0.4, 0.5) is 10.1 Å². The number of carbonyl (C=O) groups excluding carboxylic acids is 1. The molecule has 1 amide bonds. The average Bonchev–Trinajstić information content (AvgIpc) is 2.59. The molecule has 0 bridgehead atoms. The first-order valence-electron chi connectivity index (χ1n) is 8.91. The molecule has 0 saturated carbocycles. The summed E-state index contributed by atoms with van der Waals surface area (Å²) in [6.07, 6.45) is 1.93. The first kappa shape index (κ1) is 20.4. The molecule has 5 heteroatoms. The molecular formula is C21H26ClFN2O. The van der Waals surface area contributed by atoms with Crippen LogP contribution in [-0.2, 0) is 30.6 Å². The number of halogens is 2. The van der Waals surface area contributed by atoms with Gasteiger partial charge in [-0.15, -0.1) is 12.4 Å². The lowest BCUT2D eigenvalue weighted by Crippen LogP contribution is -2.25. The predicted octanol–water partition coefficient (Wildman–Crippen LogP) is 4.27. The second-order valence-corrected chi connectivity index (χ2v) is 7.13. The molecule has 1 aliphatic heterocycles. The maximum atomic E-state index is 14.6. The molecule has 1 aliphatic rings. The molecule has 1 heterocycles. The van der Waals surface area contributed by atoms with Gasteiger partial charge in [-0.2, -0.15) is 0 Å². The van der Waals surface area contributed by atoms with Gasteiger partial charge in [0.1, 0.15) is 5.82 Å². The van der Waals surface area contributed by atoms with E-state index in [2.05, 4.69) is 36.6 Å². The summed E-state index contributed by atoms with van der Waals surface area (Å²) < 4.78 is 14.6. The molecule has 0 fully saturated rings. The molecule has 0 aromatic heterocycles. The minimum atomic E-state index is -0.292. The maximum absolute atomic E-state index is 14.6. The fraction of sp³-hybridized carbons (Fsp3) is 0.381. The maximum Gasteiger partial charge on any atom is 0.228 e. The van der Waals surface area contributed by atoms with E-state index < -0.39 is 0 Å². The SMILES string of the molecule is CC(C)Cc1ccc(CC(=O)Nc2ccc3c(c2F)CCNC3)cc1.Cl. The Labute approximate surface area is 160 Å². The fourth-order valence-electron chi connectivity index (χ4n) is 3.27. The van der Waals surface area contributed by atoms with Gasteiger partial charge in [0.15, 0.2) is 0 Å². The number of hydrogen-bond acceptors (Lipinski definition) is 2. The number of rotatable bonds is 5. The Morgan fingerprint density at radius 3 is 2.54 bits per heavy atom. The van der Waals surface area contributed by atoms with Gasteiger partial charge in [0, 0.05) is 6.54 Å². The predicted molar refractivity (Wildman–Crippen MR) is 106 cm³/mol. The van der Waals surface area contributed by atoms with E-state index in [1.54, 1.807) is 6.07 Å². The Bertz CT molecular complexity index is 759. The van der Waals surface area contributed by atoms with Gasteiger partial charge < -0.3 is 10.6 Å². The summed E-state index contributed by atoms with van der Waals surface area (Å²) in [6, 6.07) is 11.6. The highest BCUT2D eigenvalue weighted by Crippen LogP contribution is 2.24. The lowest BCUT2D eigenvalue weighted by atomic mass is 9.99. The molecule has 0 aliphatic carbocycles. The van der Waals surface area contributed by atoms with E-state index in [9.17, 15) is 9.18 Å². The van der Waals surface area contributed by atoms with Crippen molar-refractivity contribution in [3.8, 4) is 0 Å². The van der Waals surface area contributed by atoms with Crippen molar-refractivity contribution in [2.45, 2.75) is 39.7 Å². The van der Waals surface area contributed by atoms with Crippen LogP contribution in [0.25, 0.3) is 0 Å². The van der Waals surface area contributed by atoms with Gasteiger partial charge >= 0.3 is 0 Å². The third-order valence-corrected chi connectivity index (χ3v) is 4.51. The molecule has 0 spiro atoms. The van der Waals surface area contributed by atoms with Crippen molar-refractivity contribution >= 4 is 24.0 Å². The molecule has 0 radical (unpaired) electrons. The Morgan fingerprint density at radius 2 is 1.85 bits per heavy atom. The lowest BCUT2D eigenvalue weighted by molar-refractivity contribution is -0.115. The van der Waals surface area contributed by atoms with Crippen LogP contribution in [0.5, 0.6) is 0 Å². The van der Waals surface area contributed by atoms with Crippen LogP contribution in [0.1, 0.15) is 36.1 Å². The summed E-state index contributed by atoms with van der Waals surface area (Å²) in [5.74, 6) is 0.125. The van der Waals surface area contributed by atoms with Crippen molar-refractivity contribution in [2.75, 3.05) is 11.9 Å². The smallest absolute Gasteiger partial charge is 0.228 e. The first-order valence-corrected chi connectivity index (χ1v) is 8.91. The number of nitrogens with one attached hydrogen (secondary N) is 2. The average molecular weight is 377 g/mol. The number of hydrogen-bond donors (Lipinski definition) is 2. The second kappa shape index (κ2) is 9.15. The van der Waals surface area contributed by atoms with E-state index in [4.69, 9.17) is 0 Å².